The van der Waals surface area contributed by atoms with Crippen LogP contribution in [0.5, 0.6) is 0 Å². The second-order valence-corrected chi connectivity index (χ2v) is 3.11. The Morgan fingerprint density at radius 1 is 1.23 bits per heavy atom. The summed E-state index contributed by atoms with van der Waals surface area (Å²) in [7, 11) is 3.75. The zero-order chi connectivity index (χ0) is 10.3. The van der Waals surface area contributed by atoms with Crippen molar-refractivity contribution in [2.45, 2.75) is 0 Å². The molecule has 1 amide bonds. The molecule has 0 radical (unpaired) electrons. The van der Waals surface area contributed by atoms with E-state index in [1.807, 2.05) is 19.0 Å². The Labute approximate surface area is 80.3 Å². The molecule has 13 heavy (non-hydrogen) atoms. The van der Waals surface area contributed by atoms with E-state index in [0.29, 0.717) is 19.6 Å². The van der Waals surface area contributed by atoms with Crippen LogP contribution in [0, 0.1) is 0 Å². The maximum absolute atomic E-state index is 11.5. The van der Waals surface area contributed by atoms with Crippen LogP contribution in [0.15, 0.2) is 25.3 Å². The van der Waals surface area contributed by atoms with E-state index in [1.54, 1.807) is 17.1 Å². The zero-order valence-corrected chi connectivity index (χ0v) is 8.49. The van der Waals surface area contributed by atoms with Gasteiger partial charge in [-0.3, -0.25) is 4.79 Å². The molecule has 0 unspecified atom stereocenters. The molecule has 0 fully saturated rings. The Hall–Kier alpha value is -1.09. The topological polar surface area (TPSA) is 23.6 Å². The number of hydrogen-bond acceptors (Lipinski definition) is 2. The summed E-state index contributed by atoms with van der Waals surface area (Å²) < 4.78 is 0. The predicted molar refractivity (Wildman–Crippen MR) is 55.5 cm³/mol. The highest BCUT2D eigenvalue weighted by atomic mass is 16.2. The third-order valence-electron chi connectivity index (χ3n) is 1.50. The minimum absolute atomic E-state index is 0.102. The zero-order valence-electron chi connectivity index (χ0n) is 8.49. The van der Waals surface area contributed by atoms with Crippen LogP contribution in [0.2, 0.25) is 0 Å². The first kappa shape index (κ1) is 11.9. The molecule has 0 aromatic rings. The number of hydrogen-bond donors (Lipinski definition) is 0. The van der Waals surface area contributed by atoms with Crippen LogP contribution in [-0.4, -0.2) is 49.4 Å². The average molecular weight is 182 g/mol. The largest absolute Gasteiger partial charge is 0.334 e. The number of carbonyl (C=O) groups is 1. The summed E-state index contributed by atoms with van der Waals surface area (Å²) in [5, 5.41) is 0. The second kappa shape index (κ2) is 6.43. The normalized spacial score (nSPS) is 9.77. The Morgan fingerprint density at radius 3 is 2.00 bits per heavy atom. The summed E-state index contributed by atoms with van der Waals surface area (Å²) >= 11 is 0. The lowest BCUT2D eigenvalue weighted by molar-refractivity contribution is -0.130. The van der Waals surface area contributed by atoms with Crippen molar-refractivity contribution in [2.24, 2.45) is 0 Å². The van der Waals surface area contributed by atoms with Gasteiger partial charge in [-0.2, -0.15) is 0 Å². The highest BCUT2D eigenvalue weighted by Crippen LogP contribution is 1.92. The lowest BCUT2D eigenvalue weighted by Crippen LogP contribution is -2.37. The van der Waals surface area contributed by atoms with Gasteiger partial charge in [-0.05, 0) is 14.1 Å². The van der Waals surface area contributed by atoms with Gasteiger partial charge in [0.2, 0.25) is 5.91 Å². The third kappa shape index (κ3) is 5.20. The van der Waals surface area contributed by atoms with Crippen LogP contribution in [0.1, 0.15) is 0 Å². The van der Waals surface area contributed by atoms with E-state index in [0.717, 1.165) is 0 Å². The average Bonchev–Trinajstić information content (AvgIpc) is 2.02. The highest BCUT2D eigenvalue weighted by Gasteiger charge is 2.10. The Kier molecular flexibility index (Phi) is 5.89. The van der Waals surface area contributed by atoms with Gasteiger partial charge in [0.25, 0.3) is 0 Å². The maximum atomic E-state index is 11.5. The molecule has 0 N–H and O–H groups in total. The predicted octanol–water partition coefficient (Wildman–Crippen LogP) is 0.749. The fourth-order valence-electron chi connectivity index (χ4n) is 0.960. The van der Waals surface area contributed by atoms with Gasteiger partial charge < -0.3 is 9.80 Å². The number of nitrogens with zero attached hydrogens (tertiary/aromatic N) is 2. The minimum Gasteiger partial charge on any atom is -0.334 e. The highest BCUT2D eigenvalue weighted by molar-refractivity contribution is 5.78. The van der Waals surface area contributed by atoms with E-state index in [9.17, 15) is 4.79 Å². The van der Waals surface area contributed by atoms with E-state index >= 15 is 0 Å². The standard InChI is InChI=1S/C10H18N2O/c1-5-7-12(8-6-2)10(13)9-11(3)4/h5-6H,1-2,7-9H2,3-4H3. The molecular formula is C10H18N2O. The minimum atomic E-state index is 0.102. The van der Waals surface area contributed by atoms with Crippen molar-refractivity contribution in [3.8, 4) is 0 Å². The number of likely N-dealkylation sites (N-methyl/N-ethyl adjacent to an activating group) is 1. The molecule has 0 rings (SSSR count). The first-order valence-corrected chi connectivity index (χ1v) is 4.26. The molecule has 0 heterocycles. The molecule has 74 valence electrons. The molecule has 0 aromatic carbocycles. The van der Waals surface area contributed by atoms with E-state index in [4.69, 9.17) is 0 Å². The molecule has 0 bridgehead atoms. The van der Waals surface area contributed by atoms with Crippen molar-refractivity contribution >= 4 is 5.91 Å². The summed E-state index contributed by atoms with van der Waals surface area (Å²) in [6, 6.07) is 0. The molecule has 0 aliphatic rings. The molecule has 3 heteroatoms. The third-order valence-corrected chi connectivity index (χ3v) is 1.50. The van der Waals surface area contributed by atoms with Crippen molar-refractivity contribution in [2.75, 3.05) is 33.7 Å². The molecule has 3 nitrogen and oxygen atoms in total. The molecule has 0 saturated carbocycles. The number of amides is 1. The van der Waals surface area contributed by atoms with Gasteiger partial charge in [0.05, 0.1) is 6.54 Å². The molecule has 0 aliphatic heterocycles. The fourth-order valence-corrected chi connectivity index (χ4v) is 0.960. The number of carbonyl (C=O) groups excluding carboxylic acids is 1. The first-order valence-electron chi connectivity index (χ1n) is 4.26. The summed E-state index contributed by atoms with van der Waals surface area (Å²) in [6.07, 6.45) is 3.44. The number of rotatable bonds is 6. The molecular weight excluding hydrogens is 164 g/mol. The van der Waals surface area contributed by atoms with Crippen LogP contribution < -0.4 is 0 Å². The maximum Gasteiger partial charge on any atom is 0.237 e. The summed E-state index contributed by atoms with van der Waals surface area (Å²) in [4.78, 5) is 15.1. The van der Waals surface area contributed by atoms with Crippen molar-refractivity contribution in [3.05, 3.63) is 25.3 Å². The summed E-state index contributed by atoms with van der Waals surface area (Å²) in [5.41, 5.74) is 0. The summed E-state index contributed by atoms with van der Waals surface area (Å²) in [5.74, 6) is 0.102. The van der Waals surface area contributed by atoms with Crippen molar-refractivity contribution in [1.29, 1.82) is 0 Å². The lowest BCUT2D eigenvalue weighted by Gasteiger charge is -2.21. The fraction of sp³-hybridized carbons (Fsp3) is 0.500. The smallest absolute Gasteiger partial charge is 0.237 e. The van der Waals surface area contributed by atoms with Crippen molar-refractivity contribution in [1.82, 2.24) is 9.80 Å². The van der Waals surface area contributed by atoms with Gasteiger partial charge in [-0.15, -0.1) is 13.2 Å². The van der Waals surface area contributed by atoms with Gasteiger partial charge in [-0.25, -0.2) is 0 Å². The Bertz CT molecular complexity index is 177. The quantitative estimate of drug-likeness (QED) is 0.566. The molecule has 0 aromatic heterocycles. The van der Waals surface area contributed by atoms with Crippen LogP contribution in [0.25, 0.3) is 0 Å². The molecule has 0 aliphatic carbocycles. The van der Waals surface area contributed by atoms with E-state index in [2.05, 4.69) is 13.2 Å². The van der Waals surface area contributed by atoms with Crippen LogP contribution >= 0.6 is 0 Å². The van der Waals surface area contributed by atoms with E-state index in [-0.39, 0.29) is 5.91 Å². The molecule has 0 spiro atoms. The second-order valence-electron chi connectivity index (χ2n) is 3.11. The van der Waals surface area contributed by atoms with Crippen LogP contribution in [0.4, 0.5) is 0 Å². The molecule has 0 saturated heterocycles. The van der Waals surface area contributed by atoms with Gasteiger partial charge in [0.1, 0.15) is 0 Å². The van der Waals surface area contributed by atoms with Gasteiger partial charge in [0.15, 0.2) is 0 Å². The lowest BCUT2D eigenvalue weighted by atomic mass is 10.4. The van der Waals surface area contributed by atoms with Gasteiger partial charge >= 0.3 is 0 Å². The Morgan fingerprint density at radius 2 is 1.69 bits per heavy atom. The van der Waals surface area contributed by atoms with Crippen LogP contribution in [0.3, 0.4) is 0 Å². The van der Waals surface area contributed by atoms with E-state index in [1.165, 1.54) is 0 Å². The van der Waals surface area contributed by atoms with Crippen molar-refractivity contribution < 1.29 is 4.79 Å². The molecule has 0 atom stereocenters. The van der Waals surface area contributed by atoms with Gasteiger partial charge in [0, 0.05) is 13.1 Å². The van der Waals surface area contributed by atoms with Crippen molar-refractivity contribution in [3.63, 3.8) is 0 Å². The monoisotopic (exact) mass is 182 g/mol. The van der Waals surface area contributed by atoms with E-state index < -0.39 is 0 Å². The Balaban J connectivity index is 4.09. The summed E-state index contributed by atoms with van der Waals surface area (Å²) in [6.45, 7) is 8.80. The van der Waals surface area contributed by atoms with Crippen LogP contribution in [-0.2, 0) is 4.79 Å². The van der Waals surface area contributed by atoms with Gasteiger partial charge in [-0.1, -0.05) is 12.2 Å². The SMILES string of the molecule is C=CCN(CC=C)C(=O)CN(C)C. The first-order chi connectivity index (χ1) is 6.11.